The maximum atomic E-state index is 13.2. The number of unbranched alkanes of at least 4 members (excludes halogenated alkanes) is 3. The van der Waals surface area contributed by atoms with Gasteiger partial charge in [-0.05, 0) is 57.6 Å². The van der Waals surface area contributed by atoms with Crippen molar-refractivity contribution in [2.45, 2.75) is 108 Å². The molecule has 0 spiro atoms. The van der Waals surface area contributed by atoms with Crippen LogP contribution in [0.25, 0.3) is 0 Å². The largest absolute Gasteiger partial charge is 0.240 e. The van der Waals surface area contributed by atoms with Gasteiger partial charge < -0.3 is 0 Å². The minimum absolute atomic E-state index is 0.115. The molecule has 2 atom stereocenters. The van der Waals surface area contributed by atoms with Crippen molar-refractivity contribution in [3.63, 3.8) is 0 Å². The number of benzene rings is 1. The van der Waals surface area contributed by atoms with Crippen LogP contribution in [0.3, 0.4) is 0 Å². The third-order valence-electron chi connectivity index (χ3n) is 6.94. The van der Waals surface area contributed by atoms with E-state index in [4.69, 9.17) is 0 Å². The van der Waals surface area contributed by atoms with E-state index in [0.717, 1.165) is 18.4 Å². The molecule has 30 heavy (non-hydrogen) atoms. The molecule has 2 rings (SSSR count). The number of sulfonamides is 1. The molecule has 172 valence electrons. The molecular weight excluding hydrogens is 409 g/mol. The number of aryl methyl sites for hydroxylation is 1. The highest BCUT2D eigenvalue weighted by Gasteiger charge is 2.49. The molecule has 0 aromatic heterocycles. The van der Waals surface area contributed by atoms with Gasteiger partial charge in [0.05, 0.1) is 35.1 Å². The standard InChI is InChI=1S/C25H45NO2PS/c1-5-8-19-29(20-9-6-2,21-10-7-3)25-14-12-11-13-24(25)26-30(27,28)23-17-15-22(4)16-18-23/h15-18,24-26H,5-14,19-21H2,1-4H3/q+1/t24-,25-/m1/s1. The lowest BCUT2D eigenvalue weighted by Gasteiger charge is -2.42. The van der Waals surface area contributed by atoms with Gasteiger partial charge in [-0.3, -0.25) is 0 Å². The summed E-state index contributed by atoms with van der Waals surface area (Å²) in [4.78, 5) is 0.414. The summed E-state index contributed by atoms with van der Waals surface area (Å²) in [6.07, 6.45) is 16.3. The average molecular weight is 455 g/mol. The molecule has 0 heterocycles. The summed E-state index contributed by atoms with van der Waals surface area (Å²) in [5.41, 5.74) is 1.66. The lowest BCUT2D eigenvalue weighted by atomic mass is 9.96. The van der Waals surface area contributed by atoms with Crippen molar-refractivity contribution in [3.8, 4) is 0 Å². The first-order chi connectivity index (χ1) is 14.4. The molecule has 0 saturated heterocycles. The highest BCUT2D eigenvalue weighted by molar-refractivity contribution is 7.89. The predicted molar refractivity (Wildman–Crippen MR) is 134 cm³/mol. The zero-order valence-electron chi connectivity index (χ0n) is 19.8. The van der Waals surface area contributed by atoms with Crippen LogP contribution in [-0.4, -0.2) is 38.6 Å². The van der Waals surface area contributed by atoms with E-state index in [-0.39, 0.29) is 6.04 Å². The smallest absolute Gasteiger partial charge is 0.207 e. The first-order valence-electron chi connectivity index (χ1n) is 12.3. The van der Waals surface area contributed by atoms with Crippen LogP contribution in [0.5, 0.6) is 0 Å². The van der Waals surface area contributed by atoms with Crippen LogP contribution in [-0.2, 0) is 10.0 Å². The normalized spacial score (nSPS) is 20.4. The molecule has 0 aliphatic heterocycles. The molecule has 1 fully saturated rings. The third-order valence-corrected chi connectivity index (χ3v) is 14.1. The minimum atomic E-state index is -3.46. The van der Waals surface area contributed by atoms with Gasteiger partial charge in [0.1, 0.15) is 0 Å². The maximum absolute atomic E-state index is 13.2. The second-order valence-corrected chi connectivity index (χ2v) is 15.5. The van der Waals surface area contributed by atoms with Gasteiger partial charge in [-0.2, -0.15) is 0 Å². The second-order valence-electron chi connectivity index (χ2n) is 9.34. The number of rotatable bonds is 13. The summed E-state index contributed by atoms with van der Waals surface area (Å²) in [6, 6.07) is 7.41. The Morgan fingerprint density at radius 1 is 0.867 bits per heavy atom. The van der Waals surface area contributed by atoms with E-state index in [2.05, 4.69) is 25.5 Å². The van der Waals surface area contributed by atoms with Crippen LogP contribution in [0.2, 0.25) is 0 Å². The van der Waals surface area contributed by atoms with Gasteiger partial charge in [0.15, 0.2) is 0 Å². The molecule has 1 aliphatic carbocycles. The highest BCUT2D eigenvalue weighted by atomic mass is 32.2. The van der Waals surface area contributed by atoms with Crippen LogP contribution in [0.15, 0.2) is 29.2 Å². The van der Waals surface area contributed by atoms with Crippen molar-refractivity contribution in [1.82, 2.24) is 4.72 Å². The lowest BCUT2D eigenvalue weighted by molar-refractivity contribution is 0.414. The summed E-state index contributed by atoms with van der Waals surface area (Å²) >= 11 is 0. The Labute approximate surface area is 187 Å². The molecule has 0 unspecified atom stereocenters. The van der Waals surface area contributed by atoms with Crippen LogP contribution in [0.4, 0.5) is 0 Å². The van der Waals surface area contributed by atoms with Gasteiger partial charge in [-0.15, -0.1) is 0 Å². The first-order valence-corrected chi connectivity index (χ1v) is 16.2. The molecular formula is C25H45NO2PS+. The van der Waals surface area contributed by atoms with Crippen LogP contribution in [0.1, 0.15) is 90.5 Å². The van der Waals surface area contributed by atoms with Gasteiger partial charge in [0.2, 0.25) is 10.0 Å². The Bertz CT molecular complexity index is 695. The van der Waals surface area contributed by atoms with Crippen molar-refractivity contribution in [2.75, 3.05) is 18.5 Å². The Balaban J connectivity index is 2.32. The molecule has 1 saturated carbocycles. The molecule has 0 bridgehead atoms. The predicted octanol–water partition coefficient (Wildman–Crippen LogP) is 7.00. The van der Waals surface area contributed by atoms with Crippen LogP contribution < -0.4 is 4.72 Å². The van der Waals surface area contributed by atoms with E-state index in [1.54, 1.807) is 12.1 Å². The van der Waals surface area contributed by atoms with Crippen molar-refractivity contribution in [3.05, 3.63) is 29.8 Å². The Kier molecular flexibility index (Phi) is 10.8. The van der Waals surface area contributed by atoms with Crippen molar-refractivity contribution in [2.24, 2.45) is 0 Å². The Hall–Kier alpha value is -0.440. The van der Waals surface area contributed by atoms with Crippen LogP contribution in [0, 0.1) is 6.92 Å². The summed E-state index contributed by atoms with van der Waals surface area (Å²) in [5, 5.41) is 0. The van der Waals surface area contributed by atoms with Crippen molar-refractivity contribution in [1.29, 1.82) is 0 Å². The molecule has 5 heteroatoms. The highest BCUT2D eigenvalue weighted by Crippen LogP contribution is 2.67. The topological polar surface area (TPSA) is 46.2 Å². The number of hydrogen-bond acceptors (Lipinski definition) is 2. The molecule has 1 aliphatic rings. The molecule has 1 aromatic rings. The Morgan fingerprint density at radius 3 is 1.87 bits per heavy atom. The summed E-state index contributed by atoms with van der Waals surface area (Å²) in [6.45, 7) is 8.89. The molecule has 1 N–H and O–H groups in total. The number of nitrogens with one attached hydrogen (secondary N) is 1. The SMILES string of the molecule is CCCC[P+](CCCC)(CCCC)[C@@H]1CCCC[C@H]1NS(=O)(=O)c1ccc(C)cc1. The Morgan fingerprint density at radius 2 is 1.37 bits per heavy atom. The second kappa shape index (κ2) is 12.6. The fourth-order valence-electron chi connectivity index (χ4n) is 5.14. The van der Waals surface area contributed by atoms with Gasteiger partial charge in [-0.1, -0.05) is 64.2 Å². The first kappa shape index (κ1) is 25.8. The number of hydrogen-bond donors (Lipinski definition) is 1. The molecule has 1 aromatic carbocycles. The fraction of sp³-hybridized carbons (Fsp3) is 0.760. The van der Waals surface area contributed by atoms with E-state index in [9.17, 15) is 8.42 Å². The fourth-order valence-corrected chi connectivity index (χ4v) is 12.8. The lowest BCUT2D eigenvalue weighted by Crippen LogP contribution is -2.47. The molecule has 0 amide bonds. The zero-order chi connectivity index (χ0) is 22.0. The van der Waals surface area contributed by atoms with Crippen LogP contribution >= 0.6 is 7.26 Å². The molecule has 3 nitrogen and oxygen atoms in total. The van der Waals surface area contributed by atoms with E-state index < -0.39 is 17.3 Å². The van der Waals surface area contributed by atoms with Gasteiger partial charge >= 0.3 is 0 Å². The third kappa shape index (κ3) is 7.04. The van der Waals surface area contributed by atoms with Crippen molar-refractivity contribution < 1.29 is 8.42 Å². The molecule has 0 radical (unpaired) electrons. The maximum Gasteiger partial charge on any atom is 0.240 e. The monoisotopic (exact) mass is 454 g/mol. The van der Waals surface area contributed by atoms with E-state index in [1.807, 2.05) is 19.1 Å². The van der Waals surface area contributed by atoms with E-state index in [0.29, 0.717) is 10.6 Å². The average Bonchev–Trinajstić information content (AvgIpc) is 2.74. The summed E-state index contributed by atoms with van der Waals surface area (Å²) < 4.78 is 29.7. The van der Waals surface area contributed by atoms with Crippen molar-refractivity contribution >= 4 is 17.3 Å². The quantitative estimate of drug-likeness (QED) is 0.326. The minimum Gasteiger partial charge on any atom is -0.207 e. The van der Waals surface area contributed by atoms with E-state index >= 15 is 0 Å². The summed E-state index contributed by atoms with van der Waals surface area (Å²) in [5.74, 6) is 0. The van der Waals surface area contributed by atoms with Gasteiger partial charge in [-0.25, -0.2) is 13.1 Å². The van der Waals surface area contributed by atoms with Gasteiger partial charge in [0.25, 0.3) is 0 Å². The zero-order valence-corrected chi connectivity index (χ0v) is 21.5. The summed E-state index contributed by atoms with van der Waals surface area (Å²) in [7, 11) is -4.65. The van der Waals surface area contributed by atoms with Gasteiger partial charge in [0, 0.05) is 7.26 Å². The van der Waals surface area contributed by atoms with E-state index in [1.165, 1.54) is 69.9 Å².